The first kappa shape index (κ1) is 21.3. The highest BCUT2D eigenvalue weighted by atomic mass is 16.6. The zero-order chi connectivity index (χ0) is 21.8. The second kappa shape index (κ2) is 8.95. The molecule has 2 aromatic rings. The molecule has 0 atom stereocenters. The van der Waals surface area contributed by atoms with Crippen LogP contribution < -0.4 is 14.2 Å². The Morgan fingerprint density at radius 1 is 1.13 bits per heavy atom. The predicted molar refractivity (Wildman–Crippen MR) is 103 cm³/mol. The number of nitrogens with zero attached hydrogens (tertiary/aromatic N) is 5. The van der Waals surface area contributed by atoms with Crippen LogP contribution in [0.2, 0.25) is 0 Å². The molecule has 1 fully saturated rings. The number of benzene rings is 1. The van der Waals surface area contributed by atoms with Crippen LogP contribution in [0.5, 0.6) is 17.2 Å². The van der Waals surface area contributed by atoms with Crippen molar-refractivity contribution in [2.24, 2.45) is 0 Å². The number of nitro groups is 1. The lowest BCUT2D eigenvalue weighted by atomic mass is 10.1. The van der Waals surface area contributed by atoms with Gasteiger partial charge in [-0.1, -0.05) is 10.3 Å². The SMILES string of the molecule is COc1cc(C(=O)N2CCN(Cc3nonc3C)CC2)c([N+](=O)[O-])c(OC)c1OC. The summed E-state index contributed by atoms with van der Waals surface area (Å²) in [7, 11) is 4.01. The van der Waals surface area contributed by atoms with Crippen molar-refractivity contribution in [1.29, 1.82) is 0 Å². The first-order chi connectivity index (χ1) is 14.4. The molecule has 1 amide bonds. The van der Waals surface area contributed by atoms with Gasteiger partial charge in [-0.25, -0.2) is 4.63 Å². The molecule has 12 heteroatoms. The minimum Gasteiger partial charge on any atom is -0.493 e. The van der Waals surface area contributed by atoms with Crippen LogP contribution >= 0.6 is 0 Å². The summed E-state index contributed by atoms with van der Waals surface area (Å²) in [5.74, 6) is -0.390. The molecule has 0 bridgehead atoms. The highest BCUT2D eigenvalue weighted by Gasteiger charge is 2.35. The van der Waals surface area contributed by atoms with Crippen molar-refractivity contribution in [3.05, 3.63) is 33.1 Å². The zero-order valence-corrected chi connectivity index (χ0v) is 17.2. The fourth-order valence-corrected chi connectivity index (χ4v) is 3.37. The van der Waals surface area contributed by atoms with Gasteiger partial charge in [-0.2, -0.15) is 0 Å². The number of hydrogen-bond donors (Lipinski definition) is 0. The smallest absolute Gasteiger partial charge is 0.327 e. The summed E-state index contributed by atoms with van der Waals surface area (Å²) in [5.41, 5.74) is 0.906. The number of piperazine rings is 1. The van der Waals surface area contributed by atoms with E-state index >= 15 is 0 Å². The molecule has 0 aliphatic carbocycles. The van der Waals surface area contributed by atoms with Crippen molar-refractivity contribution in [3.63, 3.8) is 0 Å². The van der Waals surface area contributed by atoms with Crippen molar-refractivity contribution in [2.75, 3.05) is 47.5 Å². The topological polar surface area (TPSA) is 133 Å². The molecule has 12 nitrogen and oxygen atoms in total. The Bertz CT molecular complexity index is 937. The van der Waals surface area contributed by atoms with E-state index in [9.17, 15) is 14.9 Å². The number of amides is 1. The lowest BCUT2D eigenvalue weighted by Gasteiger charge is -2.34. The summed E-state index contributed by atoms with van der Waals surface area (Å²) in [4.78, 5) is 27.9. The standard InChI is InChI=1S/C18H23N5O7/c1-11-13(20-30-19-11)10-21-5-7-22(8-6-21)18(24)12-9-14(27-2)16(28-3)17(29-4)15(12)23(25)26/h9H,5-8,10H2,1-4H3. The van der Waals surface area contributed by atoms with E-state index in [1.165, 1.54) is 27.4 Å². The highest BCUT2D eigenvalue weighted by Crippen LogP contribution is 2.46. The van der Waals surface area contributed by atoms with Crippen molar-refractivity contribution in [2.45, 2.75) is 13.5 Å². The molecule has 30 heavy (non-hydrogen) atoms. The van der Waals surface area contributed by atoms with Crippen LogP contribution in [-0.2, 0) is 6.54 Å². The van der Waals surface area contributed by atoms with E-state index < -0.39 is 16.5 Å². The summed E-state index contributed by atoms with van der Waals surface area (Å²) < 4.78 is 20.4. The van der Waals surface area contributed by atoms with E-state index in [0.29, 0.717) is 32.7 Å². The van der Waals surface area contributed by atoms with Crippen LogP contribution in [-0.4, -0.2) is 78.5 Å². The minimum absolute atomic E-state index is 0.0599. The lowest BCUT2D eigenvalue weighted by Crippen LogP contribution is -2.48. The molecule has 3 rings (SSSR count). The minimum atomic E-state index is -0.648. The maximum absolute atomic E-state index is 13.2. The fraction of sp³-hybridized carbons (Fsp3) is 0.500. The largest absolute Gasteiger partial charge is 0.493 e. The summed E-state index contributed by atoms with van der Waals surface area (Å²) in [5, 5.41) is 19.4. The van der Waals surface area contributed by atoms with Gasteiger partial charge in [0.2, 0.25) is 11.5 Å². The van der Waals surface area contributed by atoms with Crippen molar-refractivity contribution < 1.29 is 28.6 Å². The zero-order valence-electron chi connectivity index (χ0n) is 17.2. The molecular formula is C18H23N5O7. The van der Waals surface area contributed by atoms with Gasteiger partial charge in [0.15, 0.2) is 5.75 Å². The van der Waals surface area contributed by atoms with E-state index in [1.54, 1.807) is 4.90 Å². The van der Waals surface area contributed by atoms with E-state index in [-0.39, 0.29) is 22.8 Å². The molecule has 1 aliphatic heterocycles. The molecular weight excluding hydrogens is 398 g/mol. The average molecular weight is 421 g/mol. The molecule has 2 heterocycles. The molecule has 1 saturated heterocycles. The maximum atomic E-state index is 13.2. The second-order valence-electron chi connectivity index (χ2n) is 6.66. The predicted octanol–water partition coefficient (Wildman–Crippen LogP) is 1.27. The number of carbonyl (C=O) groups is 1. The summed E-state index contributed by atoms with van der Waals surface area (Å²) >= 11 is 0. The van der Waals surface area contributed by atoms with E-state index in [1.807, 2.05) is 6.92 Å². The van der Waals surface area contributed by atoms with Crippen molar-refractivity contribution in [1.82, 2.24) is 20.1 Å². The number of hydrogen-bond acceptors (Lipinski definition) is 10. The monoisotopic (exact) mass is 421 g/mol. The quantitative estimate of drug-likeness (QED) is 0.475. The summed E-state index contributed by atoms with van der Waals surface area (Å²) in [6, 6.07) is 1.32. The number of carbonyl (C=O) groups excluding carboxylic acids is 1. The summed E-state index contributed by atoms with van der Waals surface area (Å²) in [6.07, 6.45) is 0. The van der Waals surface area contributed by atoms with Gasteiger partial charge in [0, 0.05) is 38.8 Å². The molecule has 1 aliphatic rings. The Hall–Kier alpha value is -3.41. The lowest BCUT2D eigenvalue weighted by molar-refractivity contribution is -0.386. The normalized spacial score (nSPS) is 14.5. The van der Waals surface area contributed by atoms with Gasteiger partial charge in [0.05, 0.1) is 26.3 Å². The molecule has 1 aromatic heterocycles. The fourth-order valence-electron chi connectivity index (χ4n) is 3.37. The third-order valence-corrected chi connectivity index (χ3v) is 5.00. The van der Waals surface area contributed by atoms with Gasteiger partial charge in [0.1, 0.15) is 17.0 Å². The Labute approximate surface area is 172 Å². The third kappa shape index (κ3) is 3.99. The molecule has 0 radical (unpaired) electrons. The van der Waals surface area contributed by atoms with Gasteiger partial charge in [0.25, 0.3) is 5.91 Å². The number of ether oxygens (including phenoxy) is 3. The molecule has 0 unspecified atom stereocenters. The maximum Gasteiger partial charge on any atom is 0.327 e. The molecule has 0 spiro atoms. The van der Waals surface area contributed by atoms with Gasteiger partial charge in [-0.05, 0) is 6.92 Å². The number of aryl methyl sites for hydroxylation is 1. The number of aromatic nitrogens is 2. The van der Waals surface area contributed by atoms with Crippen LogP contribution in [0.15, 0.2) is 10.7 Å². The molecule has 0 N–H and O–H groups in total. The number of rotatable bonds is 7. The molecule has 0 saturated carbocycles. The Morgan fingerprint density at radius 2 is 1.80 bits per heavy atom. The van der Waals surface area contributed by atoms with Crippen molar-refractivity contribution >= 4 is 11.6 Å². The van der Waals surface area contributed by atoms with Crippen LogP contribution in [0.25, 0.3) is 0 Å². The van der Waals surface area contributed by atoms with E-state index in [0.717, 1.165) is 11.4 Å². The summed E-state index contributed by atoms with van der Waals surface area (Å²) in [6.45, 7) is 4.33. The first-order valence-electron chi connectivity index (χ1n) is 9.18. The highest BCUT2D eigenvalue weighted by molar-refractivity contribution is 6.00. The van der Waals surface area contributed by atoms with E-state index in [4.69, 9.17) is 18.8 Å². The van der Waals surface area contributed by atoms with Gasteiger partial charge in [-0.3, -0.25) is 19.8 Å². The Kier molecular flexibility index (Phi) is 6.35. The van der Waals surface area contributed by atoms with Crippen molar-refractivity contribution in [3.8, 4) is 17.2 Å². The average Bonchev–Trinajstić information content (AvgIpc) is 3.16. The van der Waals surface area contributed by atoms with Gasteiger partial charge >= 0.3 is 5.69 Å². The molecule has 1 aromatic carbocycles. The van der Waals surface area contributed by atoms with E-state index in [2.05, 4.69) is 15.2 Å². The second-order valence-corrected chi connectivity index (χ2v) is 6.66. The third-order valence-electron chi connectivity index (χ3n) is 5.00. The van der Waals surface area contributed by atoms with Gasteiger partial charge < -0.3 is 19.1 Å². The Morgan fingerprint density at radius 3 is 2.30 bits per heavy atom. The Balaban J connectivity index is 1.83. The van der Waals surface area contributed by atoms with Crippen LogP contribution in [0.3, 0.4) is 0 Å². The van der Waals surface area contributed by atoms with Gasteiger partial charge in [-0.15, -0.1) is 0 Å². The van der Waals surface area contributed by atoms with Crippen LogP contribution in [0.4, 0.5) is 5.69 Å². The first-order valence-corrected chi connectivity index (χ1v) is 9.18. The van der Waals surface area contributed by atoms with Crippen LogP contribution in [0, 0.1) is 17.0 Å². The number of nitro benzene ring substituents is 1. The van der Waals surface area contributed by atoms with Crippen LogP contribution in [0.1, 0.15) is 21.7 Å². The molecule has 162 valence electrons. The number of methoxy groups -OCH3 is 3.